The van der Waals surface area contributed by atoms with Crippen LogP contribution in [0.3, 0.4) is 0 Å². The fourth-order valence-electron chi connectivity index (χ4n) is 2.59. The summed E-state index contributed by atoms with van der Waals surface area (Å²) in [5.74, 6) is 0.974. The van der Waals surface area contributed by atoms with Gasteiger partial charge in [0.15, 0.2) is 0 Å². The largest absolute Gasteiger partial charge is 0.495 e. The van der Waals surface area contributed by atoms with Gasteiger partial charge in [0, 0.05) is 18.6 Å². The Morgan fingerprint density at radius 1 is 1.33 bits per heavy atom. The zero-order valence-corrected chi connectivity index (χ0v) is 11.9. The first kappa shape index (κ1) is 13.2. The third kappa shape index (κ3) is 2.78. The van der Waals surface area contributed by atoms with Crippen molar-refractivity contribution in [2.45, 2.75) is 39.3 Å². The number of ether oxygens (including phenoxy) is 1. The molecule has 1 aromatic rings. The Kier molecular flexibility index (Phi) is 4.12. The first-order valence-electron chi connectivity index (χ1n) is 6.76. The molecule has 0 aromatic heterocycles. The molecule has 0 saturated carbocycles. The van der Waals surface area contributed by atoms with E-state index < -0.39 is 0 Å². The molecular weight excluding hydrogens is 224 g/mol. The smallest absolute Gasteiger partial charge is 0.142 e. The summed E-state index contributed by atoms with van der Waals surface area (Å²) in [7, 11) is 1.75. The van der Waals surface area contributed by atoms with Crippen LogP contribution in [0, 0.1) is 6.92 Å². The zero-order chi connectivity index (χ0) is 13.1. The van der Waals surface area contributed by atoms with Gasteiger partial charge in [-0.1, -0.05) is 6.07 Å². The number of aryl methyl sites for hydroxylation is 1. The van der Waals surface area contributed by atoms with Crippen LogP contribution in [0.15, 0.2) is 18.2 Å². The predicted octanol–water partition coefficient (Wildman–Crippen LogP) is 2.58. The molecule has 2 atom stereocenters. The molecule has 2 rings (SSSR count). The molecule has 18 heavy (non-hydrogen) atoms. The molecule has 1 aliphatic heterocycles. The van der Waals surface area contributed by atoms with E-state index in [1.54, 1.807) is 7.11 Å². The van der Waals surface area contributed by atoms with Crippen LogP contribution in [-0.4, -0.2) is 32.3 Å². The summed E-state index contributed by atoms with van der Waals surface area (Å²) in [6.45, 7) is 8.79. The lowest BCUT2D eigenvalue weighted by atomic mass is 10.1. The normalized spacial score (nSPS) is 24.8. The molecule has 1 N–H and O–H groups in total. The van der Waals surface area contributed by atoms with Gasteiger partial charge in [0.25, 0.3) is 0 Å². The maximum absolute atomic E-state index is 5.52. The highest BCUT2D eigenvalue weighted by Crippen LogP contribution is 2.32. The average molecular weight is 248 g/mol. The number of anilines is 1. The van der Waals surface area contributed by atoms with E-state index >= 15 is 0 Å². The van der Waals surface area contributed by atoms with Crippen LogP contribution in [0.1, 0.15) is 25.8 Å². The van der Waals surface area contributed by atoms with Crippen molar-refractivity contribution in [3.05, 3.63) is 23.8 Å². The second kappa shape index (κ2) is 5.61. The molecule has 1 fully saturated rings. The highest BCUT2D eigenvalue weighted by Gasteiger charge is 2.23. The van der Waals surface area contributed by atoms with Crippen LogP contribution in [-0.2, 0) is 0 Å². The summed E-state index contributed by atoms with van der Waals surface area (Å²) >= 11 is 0. The van der Waals surface area contributed by atoms with Crippen molar-refractivity contribution in [2.24, 2.45) is 0 Å². The molecule has 0 amide bonds. The number of hydrogen-bond donors (Lipinski definition) is 1. The molecule has 0 bridgehead atoms. The number of methoxy groups -OCH3 is 1. The minimum absolute atomic E-state index is 0.514. The quantitative estimate of drug-likeness (QED) is 0.870. The Balaban J connectivity index is 2.35. The van der Waals surface area contributed by atoms with Gasteiger partial charge in [-0.05, 0) is 51.4 Å². The lowest BCUT2D eigenvalue weighted by Crippen LogP contribution is -2.38. The van der Waals surface area contributed by atoms with Crippen molar-refractivity contribution < 1.29 is 4.74 Å². The fourth-order valence-corrected chi connectivity index (χ4v) is 2.59. The standard InChI is InChI=1S/C15H24N2O/c1-11-5-6-15(18-4)14(9-11)17-10-12(2)16-8-7-13(17)3/h5-6,9,12-13,16H,7-8,10H2,1-4H3. The number of rotatable bonds is 2. The second-order valence-corrected chi connectivity index (χ2v) is 5.32. The lowest BCUT2D eigenvalue weighted by Gasteiger charge is -2.32. The Bertz CT molecular complexity index is 405. The third-order valence-corrected chi connectivity index (χ3v) is 3.70. The average Bonchev–Trinajstić information content (AvgIpc) is 2.51. The molecule has 0 radical (unpaired) electrons. The van der Waals surface area contributed by atoms with Gasteiger partial charge in [-0.15, -0.1) is 0 Å². The molecule has 1 aliphatic rings. The van der Waals surface area contributed by atoms with E-state index in [9.17, 15) is 0 Å². The second-order valence-electron chi connectivity index (χ2n) is 5.32. The van der Waals surface area contributed by atoms with Crippen molar-refractivity contribution in [3.8, 4) is 5.75 Å². The van der Waals surface area contributed by atoms with Gasteiger partial charge in [0.05, 0.1) is 12.8 Å². The Morgan fingerprint density at radius 2 is 2.11 bits per heavy atom. The summed E-state index contributed by atoms with van der Waals surface area (Å²) in [5, 5.41) is 3.54. The zero-order valence-electron chi connectivity index (χ0n) is 11.9. The van der Waals surface area contributed by atoms with Gasteiger partial charge < -0.3 is 15.0 Å². The van der Waals surface area contributed by atoms with E-state index in [1.807, 2.05) is 0 Å². The lowest BCUT2D eigenvalue weighted by molar-refractivity contribution is 0.412. The molecule has 1 aromatic carbocycles. The Hall–Kier alpha value is -1.22. The van der Waals surface area contributed by atoms with Crippen LogP contribution in [0.5, 0.6) is 5.75 Å². The van der Waals surface area contributed by atoms with Crippen LogP contribution in [0.4, 0.5) is 5.69 Å². The van der Waals surface area contributed by atoms with Crippen molar-refractivity contribution in [2.75, 3.05) is 25.1 Å². The summed E-state index contributed by atoms with van der Waals surface area (Å²) < 4.78 is 5.52. The Morgan fingerprint density at radius 3 is 2.83 bits per heavy atom. The van der Waals surface area contributed by atoms with Crippen molar-refractivity contribution in [1.29, 1.82) is 0 Å². The summed E-state index contributed by atoms with van der Waals surface area (Å²) in [4.78, 5) is 2.47. The molecular formula is C15H24N2O. The molecule has 3 heteroatoms. The van der Waals surface area contributed by atoms with E-state index in [2.05, 4.69) is 49.2 Å². The highest BCUT2D eigenvalue weighted by atomic mass is 16.5. The molecule has 0 spiro atoms. The van der Waals surface area contributed by atoms with Gasteiger partial charge in [0.2, 0.25) is 0 Å². The number of hydrogen-bond acceptors (Lipinski definition) is 3. The predicted molar refractivity (Wildman–Crippen MR) is 76.6 cm³/mol. The van der Waals surface area contributed by atoms with Crippen LogP contribution >= 0.6 is 0 Å². The van der Waals surface area contributed by atoms with Gasteiger partial charge in [-0.2, -0.15) is 0 Å². The van der Waals surface area contributed by atoms with E-state index in [4.69, 9.17) is 4.74 Å². The summed E-state index contributed by atoms with van der Waals surface area (Å²) in [6.07, 6.45) is 1.17. The van der Waals surface area contributed by atoms with Crippen molar-refractivity contribution in [1.82, 2.24) is 5.32 Å². The SMILES string of the molecule is COc1ccc(C)cc1N1CC(C)NCCC1C. The van der Waals surface area contributed by atoms with Gasteiger partial charge in [0.1, 0.15) is 5.75 Å². The van der Waals surface area contributed by atoms with Crippen LogP contribution < -0.4 is 15.0 Å². The first-order chi connectivity index (χ1) is 8.61. The molecule has 1 heterocycles. The van der Waals surface area contributed by atoms with Crippen LogP contribution in [0.2, 0.25) is 0 Å². The topological polar surface area (TPSA) is 24.5 Å². The van der Waals surface area contributed by atoms with E-state index in [1.165, 1.54) is 17.7 Å². The van der Waals surface area contributed by atoms with Gasteiger partial charge in [-0.25, -0.2) is 0 Å². The highest BCUT2D eigenvalue weighted by molar-refractivity contribution is 5.60. The van der Waals surface area contributed by atoms with E-state index in [-0.39, 0.29) is 0 Å². The van der Waals surface area contributed by atoms with E-state index in [0.717, 1.165) is 18.8 Å². The maximum Gasteiger partial charge on any atom is 0.142 e. The summed E-state index contributed by atoms with van der Waals surface area (Å²) in [5.41, 5.74) is 2.50. The summed E-state index contributed by atoms with van der Waals surface area (Å²) in [6, 6.07) is 7.46. The minimum Gasteiger partial charge on any atom is -0.495 e. The third-order valence-electron chi connectivity index (χ3n) is 3.70. The van der Waals surface area contributed by atoms with Crippen molar-refractivity contribution >= 4 is 5.69 Å². The molecule has 0 aliphatic carbocycles. The van der Waals surface area contributed by atoms with Crippen LogP contribution in [0.25, 0.3) is 0 Å². The maximum atomic E-state index is 5.52. The molecule has 1 saturated heterocycles. The number of nitrogens with zero attached hydrogens (tertiary/aromatic N) is 1. The van der Waals surface area contributed by atoms with E-state index in [0.29, 0.717) is 12.1 Å². The van der Waals surface area contributed by atoms with Gasteiger partial charge in [-0.3, -0.25) is 0 Å². The fraction of sp³-hybridized carbons (Fsp3) is 0.600. The molecule has 3 nitrogen and oxygen atoms in total. The minimum atomic E-state index is 0.514. The molecule has 2 unspecified atom stereocenters. The van der Waals surface area contributed by atoms with Gasteiger partial charge >= 0.3 is 0 Å². The van der Waals surface area contributed by atoms with Crippen molar-refractivity contribution in [3.63, 3.8) is 0 Å². The molecule has 100 valence electrons. The number of benzene rings is 1. The number of nitrogens with one attached hydrogen (secondary N) is 1. The Labute approximate surface area is 110 Å². The monoisotopic (exact) mass is 248 g/mol. The first-order valence-corrected chi connectivity index (χ1v) is 6.76.